The molecule has 1 atom stereocenters. The van der Waals surface area contributed by atoms with E-state index in [2.05, 4.69) is 43.0 Å². The van der Waals surface area contributed by atoms with E-state index in [-0.39, 0.29) is 6.04 Å². The molecule has 0 aliphatic carbocycles. The second-order valence-corrected chi connectivity index (χ2v) is 3.73. The van der Waals surface area contributed by atoms with Gasteiger partial charge in [-0.3, -0.25) is 0 Å². The molecule has 1 aliphatic heterocycles. The minimum Gasteiger partial charge on any atom is -0.351 e. The van der Waals surface area contributed by atoms with Crippen LogP contribution in [0.25, 0.3) is 0 Å². The van der Waals surface area contributed by atoms with E-state index in [1.54, 1.807) is 0 Å². The third-order valence-electron chi connectivity index (χ3n) is 2.75. The summed E-state index contributed by atoms with van der Waals surface area (Å²) in [5, 5.41) is 8.80. The lowest BCUT2D eigenvalue weighted by atomic mass is 10.1. The molecule has 1 aromatic carbocycles. The Labute approximate surface area is 84.8 Å². The molecule has 1 aromatic rings. The van der Waals surface area contributed by atoms with Gasteiger partial charge in [-0.2, -0.15) is 5.26 Å². The second-order valence-electron chi connectivity index (χ2n) is 3.73. The Morgan fingerprint density at radius 2 is 2.36 bits per heavy atom. The summed E-state index contributed by atoms with van der Waals surface area (Å²) >= 11 is 0. The molecule has 1 saturated heterocycles. The molecule has 0 spiro atoms. The Morgan fingerprint density at radius 1 is 1.57 bits per heavy atom. The summed E-state index contributed by atoms with van der Waals surface area (Å²) < 4.78 is 0. The first-order valence-corrected chi connectivity index (χ1v) is 5.02. The highest BCUT2D eigenvalue weighted by atomic mass is 15.3. The minimum absolute atomic E-state index is 0.112. The maximum atomic E-state index is 8.80. The number of nitrogens with zero attached hydrogens (tertiary/aromatic N) is 2. The first-order valence-electron chi connectivity index (χ1n) is 5.02. The highest BCUT2D eigenvalue weighted by Crippen LogP contribution is 2.33. The Bertz CT molecular complexity index is 390. The summed E-state index contributed by atoms with van der Waals surface area (Å²) in [7, 11) is 0. The van der Waals surface area contributed by atoms with Crippen LogP contribution >= 0.6 is 0 Å². The Balaban J connectivity index is 2.37. The highest BCUT2D eigenvalue weighted by molar-refractivity contribution is 5.65. The zero-order chi connectivity index (χ0) is 10.1. The molecule has 0 radical (unpaired) electrons. The zero-order valence-electron chi connectivity index (χ0n) is 8.62. The number of rotatable bonds is 2. The molecular weight excluding hydrogens is 172 g/mol. The standard InChI is InChI=1S/C12H14N2/c1-3-10-6-4-5-9(2)12(10)14-8-11(14)7-13/h4-6,11H,3,8H2,1-2H3. The maximum Gasteiger partial charge on any atom is 0.134 e. The molecule has 0 saturated carbocycles. The first kappa shape index (κ1) is 9.08. The maximum absolute atomic E-state index is 8.80. The van der Waals surface area contributed by atoms with E-state index < -0.39 is 0 Å². The minimum atomic E-state index is 0.112. The number of benzene rings is 1. The molecule has 2 nitrogen and oxygen atoms in total. The van der Waals surface area contributed by atoms with Gasteiger partial charge in [0.05, 0.1) is 12.6 Å². The summed E-state index contributed by atoms with van der Waals surface area (Å²) in [5.41, 5.74) is 3.91. The molecule has 0 amide bonds. The Morgan fingerprint density at radius 3 is 2.93 bits per heavy atom. The molecular formula is C12H14N2. The molecule has 1 heterocycles. The van der Waals surface area contributed by atoms with Gasteiger partial charge in [-0.15, -0.1) is 0 Å². The van der Waals surface area contributed by atoms with Crippen molar-refractivity contribution < 1.29 is 0 Å². The largest absolute Gasteiger partial charge is 0.351 e. The van der Waals surface area contributed by atoms with E-state index in [1.165, 1.54) is 16.8 Å². The summed E-state index contributed by atoms with van der Waals surface area (Å²) in [5.74, 6) is 0. The molecule has 1 fully saturated rings. The number of anilines is 1. The van der Waals surface area contributed by atoms with Crippen LogP contribution in [-0.2, 0) is 6.42 Å². The van der Waals surface area contributed by atoms with E-state index >= 15 is 0 Å². The molecule has 0 bridgehead atoms. The van der Waals surface area contributed by atoms with Crippen LogP contribution in [0, 0.1) is 18.3 Å². The monoisotopic (exact) mass is 186 g/mol. The lowest BCUT2D eigenvalue weighted by Gasteiger charge is -2.12. The van der Waals surface area contributed by atoms with Gasteiger partial charge >= 0.3 is 0 Å². The number of nitriles is 1. The number of aryl methyl sites for hydroxylation is 2. The van der Waals surface area contributed by atoms with Crippen LogP contribution in [0.3, 0.4) is 0 Å². The summed E-state index contributed by atoms with van der Waals surface area (Å²) in [6, 6.07) is 8.75. The van der Waals surface area contributed by atoms with Crippen LogP contribution in [0.15, 0.2) is 18.2 Å². The van der Waals surface area contributed by atoms with Gasteiger partial charge in [0.1, 0.15) is 6.04 Å². The van der Waals surface area contributed by atoms with Gasteiger partial charge in [0.2, 0.25) is 0 Å². The number of hydrogen-bond acceptors (Lipinski definition) is 2. The third-order valence-corrected chi connectivity index (χ3v) is 2.75. The molecule has 1 aliphatic rings. The topological polar surface area (TPSA) is 26.8 Å². The Kier molecular flexibility index (Phi) is 2.17. The third kappa shape index (κ3) is 1.35. The van der Waals surface area contributed by atoms with Crippen molar-refractivity contribution in [3.05, 3.63) is 29.3 Å². The van der Waals surface area contributed by atoms with Gasteiger partial charge in [0.25, 0.3) is 0 Å². The molecule has 1 unspecified atom stereocenters. The molecule has 2 heteroatoms. The molecule has 14 heavy (non-hydrogen) atoms. The van der Waals surface area contributed by atoms with Gasteiger partial charge in [-0.25, -0.2) is 0 Å². The van der Waals surface area contributed by atoms with Crippen molar-refractivity contribution in [1.29, 1.82) is 5.26 Å². The first-order chi connectivity index (χ1) is 6.77. The Hall–Kier alpha value is -1.49. The van der Waals surface area contributed by atoms with Crippen molar-refractivity contribution >= 4 is 5.69 Å². The van der Waals surface area contributed by atoms with Crippen LogP contribution in [0.5, 0.6) is 0 Å². The SMILES string of the molecule is CCc1cccc(C)c1N1CC1C#N. The normalized spacial score (nSPS) is 19.2. The summed E-state index contributed by atoms with van der Waals surface area (Å²) in [6.45, 7) is 5.17. The van der Waals surface area contributed by atoms with Gasteiger partial charge in [-0.05, 0) is 24.5 Å². The number of para-hydroxylation sites is 1. The highest BCUT2D eigenvalue weighted by Gasteiger charge is 2.35. The second kappa shape index (κ2) is 3.34. The lowest BCUT2D eigenvalue weighted by Crippen LogP contribution is -2.02. The van der Waals surface area contributed by atoms with Crippen molar-refractivity contribution in [2.75, 3.05) is 11.4 Å². The van der Waals surface area contributed by atoms with E-state index in [0.717, 1.165) is 13.0 Å². The van der Waals surface area contributed by atoms with Crippen molar-refractivity contribution in [1.82, 2.24) is 0 Å². The predicted octanol–water partition coefficient (Wildman–Crippen LogP) is 2.27. The van der Waals surface area contributed by atoms with Gasteiger partial charge in [0, 0.05) is 5.69 Å². The van der Waals surface area contributed by atoms with Crippen LogP contribution in [0.4, 0.5) is 5.69 Å². The van der Waals surface area contributed by atoms with Crippen LogP contribution < -0.4 is 4.90 Å². The summed E-state index contributed by atoms with van der Waals surface area (Å²) in [6.07, 6.45) is 1.03. The molecule has 0 aromatic heterocycles. The van der Waals surface area contributed by atoms with E-state index in [0.29, 0.717) is 0 Å². The lowest BCUT2D eigenvalue weighted by molar-refractivity contribution is 1.10. The van der Waals surface area contributed by atoms with Crippen LogP contribution in [0.1, 0.15) is 18.1 Å². The van der Waals surface area contributed by atoms with Crippen molar-refractivity contribution in [2.24, 2.45) is 0 Å². The van der Waals surface area contributed by atoms with Crippen molar-refractivity contribution in [3.63, 3.8) is 0 Å². The van der Waals surface area contributed by atoms with Gasteiger partial charge < -0.3 is 4.90 Å². The van der Waals surface area contributed by atoms with E-state index in [4.69, 9.17) is 5.26 Å². The fraction of sp³-hybridized carbons (Fsp3) is 0.417. The fourth-order valence-electron chi connectivity index (χ4n) is 1.91. The smallest absolute Gasteiger partial charge is 0.134 e. The van der Waals surface area contributed by atoms with Gasteiger partial charge in [-0.1, -0.05) is 25.1 Å². The number of hydrogen-bond donors (Lipinski definition) is 0. The average molecular weight is 186 g/mol. The van der Waals surface area contributed by atoms with Crippen LogP contribution in [-0.4, -0.2) is 12.6 Å². The van der Waals surface area contributed by atoms with Crippen molar-refractivity contribution in [3.8, 4) is 6.07 Å². The quantitative estimate of drug-likeness (QED) is 0.662. The molecule has 2 rings (SSSR count). The van der Waals surface area contributed by atoms with Gasteiger partial charge in [0.15, 0.2) is 0 Å². The fourth-order valence-corrected chi connectivity index (χ4v) is 1.91. The zero-order valence-corrected chi connectivity index (χ0v) is 8.62. The van der Waals surface area contributed by atoms with E-state index in [9.17, 15) is 0 Å². The molecule has 0 N–H and O–H groups in total. The molecule has 72 valence electrons. The summed E-state index contributed by atoms with van der Waals surface area (Å²) in [4.78, 5) is 2.17. The predicted molar refractivity (Wildman–Crippen MR) is 57.3 cm³/mol. The van der Waals surface area contributed by atoms with E-state index in [1.807, 2.05) is 0 Å². The van der Waals surface area contributed by atoms with Crippen molar-refractivity contribution in [2.45, 2.75) is 26.3 Å². The van der Waals surface area contributed by atoms with Crippen LogP contribution in [0.2, 0.25) is 0 Å². The average Bonchev–Trinajstić information content (AvgIpc) is 2.96.